The lowest BCUT2D eigenvalue weighted by molar-refractivity contribution is 0.330. The van der Waals surface area contributed by atoms with E-state index in [-0.39, 0.29) is 5.56 Å². The van der Waals surface area contributed by atoms with Gasteiger partial charge >= 0.3 is 0 Å². The smallest absolute Gasteiger partial charge is 0.258 e. The van der Waals surface area contributed by atoms with Crippen molar-refractivity contribution < 1.29 is 0 Å². The molecule has 0 atom stereocenters. The van der Waals surface area contributed by atoms with E-state index >= 15 is 0 Å². The molecule has 0 saturated carbocycles. The standard InChI is InChI=1S/C15H18N2O/c18-15-14-4-2-1-3-13(14)7-10-17(15)11-12-5-8-16-9-6-12/h1-4,7,10,12,16H,5-6,8-9,11H2. The number of benzene rings is 1. The molecule has 3 nitrogen and oxygen atoms in total. The van der Waals surface area contributed by atoms with Crippen LogP contribution in [0.5, 0.6) is 0 Å². The summed E-state index contributed by atoms with van der Waals surface area (Å²) in [6.45, 7) is 3.01. The number of nitrogens with one attached hydrogen (secondary N) is 1. The lowest BCUT2D eigenvalue weighted by Crippen LogP contribution is -2.32. The molecule has 1 aromatic heterocycles. The third-order valence-corrected chi connectivity index (χ3v) is 3.80. The van der Waals surface area contributed by atoms with Crippen molar-refractivity contribution in [3.63, 3.8) is 0 Å². The normalized spacial score (nSPS) is 17.1. The largest absolute Gasteiger partial charge is 0.317 e. The molecule has 0 bridgehead atoms. The van der Waals surface area contributed by atoms with Gasteiger partial charge in [-0.3, -0.25) is 4.79 Å². The van der Waals surface area contributed by atoms with E-state index in [9.17, 15) is 4.79 Å². The third kappa shape index (κ3) is 2.18. The monoisotopic (exact) mass is 242 g/mol. The van der Waals surface area contributed by atoms with Gasteiger partial charge in [-0.1, -0.05) is 18.2 Å². The number of aromatic nitrogens is 1. The minimum atomic E-state index is 0.145. The van der Waals surface area contributed by atoms with Gasteiger partial charge in [-0.15, -0.1) is 0 Å². The predicted molar refractivity (Wildman–Crippen MR) is 73.8 cm³/mol. The fourth-order valence-corrected chi connectivity index (χ4v) is 2.72. The van der Waals surface area contributed by atoms with Crippen LogP contribution < -0.4 is 10.9 Å². The van der Waals surface area contributed by atoms with Crippen LogP contribution >= 0.6 is 0 Å². The number of nitrogens with zero attached hydrogens (tertiary/aromatic N) is 1. The summed E-state index contributed by atoms with van der Waals surface area (Å²) in [7, 11) is 0. The first-order chi connectivity index (χ1) is 8.84. The Morgan fingerprint density at radius 3 is 2.78 bits per heavy atom. The molecule has 0 spiro atoms. The van der Waals surface area contributed by atoms with Gasteiger partial charge in [-0.25, -0.2) is 0 Å². The number of fused-ring (bicyclic) bond motifs is 1. The molecule has 0 unspecified atom stereocenters. The Morgan fingerprint density at radius 2 is 1.94 bits per heavy atom. The number of piperidine rings is 1. The van der Waals surface area contributed by atoms with Crippen molar-refractivity contribution in [3.8, 4) is 0 Å². The molecule has 1 aliphatic rings. The highest BCUT2D eigenvalue weighted by atomic mass is 16.1. The summed E-state index contributed by atoms with van der Waals surface area (Å²) < 4.78 is 1.87. The minimum absolute atomic E-state index is 0.145. The van der Waals surface area contributed by atoms with Gasteiger partial charge in [-0.2, -0.15) is 0 Å². The fraction of sp³-hybridized carbons (Fsp3) is 0.400. The number of hydrogen-bond donors (Lipinski definition) is 1. The molecule has 1 aromatic carbocycles. The Kier molecular flexibility index (Phi) is 3.15. The quantitative estimate of drug-likeness (QED) is 0.874. The average molecular weight is 242 g/mol. The van der Waals surface area contributed by atoms with E-state index < -0.39 is 0 Å². The van der Waals surface area contributed by atoms with Crippen LogP contribution in [0.15, 0.2) is 41.3 Å². The van der Waals surface area contributed by atoms with Crippen molar-refractivity contribution in [1.29, 1.82) is 0 Å². The Morgan fingerprint density at radius 1 is 1.17 bits per heavy atom. The molecule has 18 heavy (non-hydrogen) atoms. The molecule has 2 aromatic rings. The van der Waals surface area contributed by atoms with E-state index in [1.54, 1.807) is 0 Å². The van der Waals surface area contributed by atoms with Crippen LogP contribution in [-0.2, 0) is 6.54 Å². The SMILES string of the molecule is O=c1c2ccccc2ccn1CC1CCNCC1. The Bertz CT molecular complexity index is 597. The molecule has 3 heteroatoms. The highest BCUT2D eigenvalue weighted by Gasteiger charge is 2.14. The second kappa shape index (κ2) is 4.94. The highest BCUT2D eigenvalue weighted by molar-refractivity contribution is 5.81. The zero-order chi connectivity index (χ0) is 12.4. The van der Waals surface area contributed by atoms with Crippen molar-refractivity contribution >= 4 is 10.8 Å². The van der Waals surface area contributed by atoms with Crippen molar-refractivity contribution in [2.45, 2.75) is 19.4 Å². The summed E-state index contributed by atoms with van der Waals surface area (Å²) >= 11 is 0. The number of pyridine rings is 1. The van der Waals surface area contributed by atoms with Gasteiger partial charge in [-0.05, 0) is 49.4 Å². The maximum Gasteiger partial charge on any atom is 0.258 e. The molecule has 1 fully saturated rings. The van der Waals surface area contributed by atoms with Crippen LogP contribution in [0.4, 0.5) is 0 Å². The maximum atomic E-state index is 12.3. The number of hydrogen-bond acceptors (Lipinski definition) is 2. The van der Waals surface area contributed by atoms with Gasteiger partial charge in [0.15, 0.2) is 0 Å². The topological polar surface area (TPSA) is 34.0 Å². The first-order valence-corrected chi connectivity index (χ1v) is 6.63. The first kappa shape index (κ1) is 11.5. The van der Waals surface area contributed by atoms with Crippen LogP contribution in [0, 0.1) is 5.92 Å². The van der Waals surface area contributed by atoms with Gasteiger partial charge in [0, 0.05) is 18.1 Å². The van der Waals surface area contributed by atoms with Gasteiger partial charge in [0.1, 0.15) is 0 Å². The summed E-state index contributed by atoms with van der Waals surface area (Å²) in [5, 5.41) is 5.22. The molecule has 2 heterocycles. The van der Waals surface area contributed by atoms with Crippen molar-refractivity contribution in [1.82, 2.24) is 9.88 Å². The summed E-state index contributed by atoms with van der Waals surface area (Å²) in [5.74, 6) is 0.630. The summed E-state index contributed by atoms with van der Waals surface area (Å²) in [4.78, 5) is 12.3. The second-order valence-corrected chi connectivity index (χ2v) is 5.05. The van der Waals surface area contributed by atoms with E-state index in [2.05, 4.69) is 5.32 Å². The molecule has 3 rings (SSSR count). The van der Waals surface area contributed by atoms with E-state index in [0.29, 0.717) is 5.92 Å². The molecule has 0 radical (unpaired) electrons. The highest BCUT2D eigenvalue weighted by Crippen LogP contribution is 2.14. The van der Waals surface area contributed by atoms with E-state index in [4.69, 9.17) is 0 Å². The molecule has 1 saturated heterocycles. The molecular formula is C15H18N2O. The second-order valence-electron chi connectivity index (χ2n) is 5.05. The molecule has 1 N–H and O–H groups in total. The summed E-state index contributed by atoms with van der Waals surface area (Å²) in [6.07, 6.45) is 4.27. The van der Waals surface area contributed by atoms with Crippen LogP contribution in [0.1, 0.15) is 12.8 Å². The van der Waals surface area contributed by atoms with E-state index in [1.807, 2.05) is 41.1 Å². The summed E-state index contributed by atoms with van der Waals surface area (Å²) in [5.41, 5.74) is 0.145. The van der Waals surface area contributed by atoms with Gasteiger partial charge in [0.05, 0.1) is 0 Å². The van der Waals surface area contributed by atoms with Crippen LogP contribution in [0.25, 0.3) is 10.8 Å². The Hall–Kier alpha value is -1.61. The lowest BCUT2D eigenvalue weighted by Gasteiger charge is -2.23. The van der Waals surface area contributed by atoms with Crippen molar-refractivity contribution in [3.05, 3.63) is 46.9 Å². The molecule has 94 valence electrons. The number of rotatable bonds is 2. The molecule has 1 aliphatic heterocycles. The van der Waals surface area contributed by atoms with Gasteiger partial charge < -0.3 is 9.88 Å². The third-order valence-electron chi connectivity index (χ3n) is 3.80. The molecule has 0 amide bonds. The van der Waals surface area contributed by atoms with Gasteiger partial charge in [0.25, 0.3) is 5.56 Å². The zero-order valence-electron chi connectivity index (χ0n) is 10.4. The van der Waals surface area contributed by atoms with E-state index in [0.717, 1.165) is 30.4 Å². The van der Waals surface area contributed by atoms with Crippen LogP contribution in [0.2, 0.25) is 0 Å². The lowest BCUT2D eigenvalue weighted by atomic mass is 9.98. The average Bonchev–Trinajstić information content (AvgIpc) is 2.43. The zero-order valence-corrected chi connectivity index (χ0v) is 10.4. The van der Waals surface area contributed by atoms with Gasteiger partial charge in [0.2, 0.25) is 0 Å². The minimum Gasteiger partial charge on any atom is -0.317 e. The Balaban J connectivity index is 1.92. The molecular weight excluding hydrogens is 224 g/mol. The van der Waals surface area contributed by atoms with E-state index in [1.165, 1.54) is 12.8 Å². The maximum absolute atomic E-state index is 12.3. The summed E-state index contributed by atoms with van der Waals surface area (Å²) in [6, 6.07) is 9.84. The van der Waals surface area contributed by atoms with Crippen molar-refractivity contribution in [2.75, 3.05) is 13.1 Å². The molecule has 0 aliphatic carbocycles. The first-order valence-electron chi connectivity index (χ1n) is 6.63. The van der Waals surface area contributed by atoms with Crippen LogP contribution in [0.3, 0.4) is 0 Å². The Labute approximate surface area is 106 Å². The fourth-order valence-electron chi connectivity index (χ4n) is 2.72. The van der Waals surface area contributed by atoms with Crippen molar-refractivity contribution in [2.24, 2.45) is 5.92 Å². The van der Waals surface area contributed by atoms with Crippen LogP contribution in [-0.4, -0.2) is 17.7 Å². The predicted octanol–water partition coefficient (Wildman–Crippen LogP) is 2.00.